The van der Waals surface area contributed by atoms with Crippen LogP contribution in [0.2, 0.25) is 0 Å². The first kappa shape index (κ1) is 26.6. The molecule has 226 valence electrons. The third-order valence-corrected chi connectivity index (χ3v) is 9.11. The van der Waals surface area contributed by atoms with Gasteiger partial charge in [0.05, 0.1) is 16.8 Å². The van der Waals surface area contributed by atoms with Crippen LogP contribution >= 0.6 is 0 Å². The fourth-order valence-electron chi connectivity index (χ4n) is 6.88. The van der Waals surface area contributed by atoms with Gasteiger partial charge in [-0.1, -0.05) is 109 Å². The lowest BCUT2D eigenvalue weighted by molar-refractivity contribution is 0.622. The number of para-hydroxylation sites is 3. The van der Waals surface area contributed by atoms with Gasteiger partial charge in [-0.15, -0.1) is 0 Å². The topological polar surface area (TPSA) is 55.6 Å². The maximum atomic E-state index is 6.69. The highest BCUT2D eigenvalue weighted by molar-refractivity contribution is 6.20. The predicted octanol–water partition coefficient (Wildman–Crippen LogP) is 12.4. The highest BCUT2D eigenvalue weighted by atomic mass is 16.4. The smallest absolute Gasteiger partial charge is 0.227 e. The number of benzene rings is 7. The maximum Gasteiger partial charge on any atom is 0.227 e. The lowest BCUT2D eigenvalue weighted by Gasteiger charge is -2.26. The Hall–Kier alpha value is -6.59. The van der Waals surface area contributed by atoms with Crippen molar-refractivity contribution in [1.29, 1.82) is 0 Å². The fourth-order valence-corrected chi connectivity index (χ4v) is 6.88. The van der Waals surface area contributed by atoms with Gasteiger partial charge in [-0.05, 0) is 53.6 Å². The summed E-state index contributed by atoms with van der Waals surface area (Å²) >= 11 is 0. The van der Waals surface area contributed by atoms with E-state index in [0.29, 0.717) is 11.5 Å². The molecule has 48 heavy (non-hydrogen) atoms. The van der Waals surface area contributed by atoms with E-state index in [0.717, 1.165) is 83.1 Å². The van der Waals surface area contributed by atoms with Gasteiger partial charge in [-0.2, -0.15) is 0 Å². The van der Waals surface area contributed by atoms with Gasteiger partial charge in [0.1, 0.15) is 22.3 Å². The van der Waals surface area contributed by atoms with E-state index in [9.17, 15) is 0 Å². The van der Waals surface area contributed by atoms with Crippen molar-refractivity contribution in [1.82, 2.24) is 4.98 Å². The summed E-state index contributed by atoms with van der Waals surface area (Å²) in [7, 11) is 0. The average Bonchev–Trinajstić information content (AvgIpc) is 3.87. The van der Waals surface area contributed by atoms with Crippen LogP contribution in [0.4, 0.5) is 17.1 Å². The molecule has 5 heteroatoms. The first-order valence-electron chi connectivity index (χ1n) is 16.0. The first-order chi connectivity index (χ1) is 23.8. The molecule has 0 aliphatic carbocycles. The van der Waals surface area contributed by atoms with Crippen LogP contribution in [0.1, 0.15) is 0 Å². The maximum absolute atomic E-state index is 6.69. The Morgan fingerprint density at radius 2 is 1.04 bits per heavy atom. The molecule has 0 radical (unpaired) electrons. The molecule has 7 aromatic carbocycles. The second-order valence-electron chi connectivity index (χ2n) is 11.9. The molecule has 10 rings (SSSR count). The van der Waals surface area contributed by atoms with E-state index in [4.69, 9.17) is 18.2 Å². The highest BCUT2D eigenvalue weighted by Crippen LogP contribution is 2.48. The van der Waals surface area contributed by atoms with Crippen LogP contribution in [0, 0.1) is 0 Å². The largest absolute Gasteiger partial charge is 0.456 e. The molecule has 3 aromatic heterocycles. The number of hydrogen-bond donors (Lipinski definition) is 0. The summed E-state index contributed by atoms with van der Waals surface area (Å²) in [6, 6.07) is 53.7. The second-order valence-corrected chi connectivity index (χ2v) is 11.9. The summed E-state index contributed by atoms with van der Waals surface area (Å²) in [6.45, 7) is 0. The lowest BCUT2D eigenvalue weighted by Crippen LogP contribution is -2.11. The van der Waals surface area contributed by atoms with Gasteiger partial charge in [0.15, 0.2) is 11.2 Å². The molecule has 3 heterocycles. The number of oxazole rings is 1. The van der Waals surface area contributed by atoms with E-state index < -0.39 is 0 Å². The Morgan fingerprint density at radius 3 is 1.81 bits per heavy atom. The summed E-state index contributed by atoms with van der Waals surface area (Å²) < 4.78 is 19.8. The van der Waals surface area contributed by atoms with Crippen molar-refractivity contribution in [3.63, 3.8) is 0 Å². The molecule has 0 unspecified atom stereocenters. The van der Waals surface area contributed by atoms with Crippen LogP contribution in [0.5, 0.6) is 0 Å². The zero-order valence-corrected chi connectivity index (χ0v) is 25.6. The molecule has 0 amide bonds. The van der Waals surface area contributed by atoms with Crippen molar-refractivity contribution < 1.29 is 13.3 Å². The Labute approximate surface area is 274 Å². The van der Waals surface area contributed by atoms with Crippen molar-refractivity contribution >= 4 is 72.0 Å². The molecule has 0 atom stereocenters. The van der Waals surface area contributed by atoms with Gasteiger partial charge >= 0.3 is 0 Å². The summed E-state index contributed by atoms with van der Waals surface area (Å²) in [5, 5.41) is 4.00. The fraction of sp³-hybridized carbons (Fsp3) is 0. The Kier molecular flexibility index (Phi) is 5.81. The van der Waals surface area contributed by atoms with E-state index in [2.05, 4.69) is 89.8 Å². The molecule has 0 spiro atoms. The van der Waals surface area contributed by atoms with Crippen molar-refractivity contribution in [3.05, 3.63) is 158 Å². The third kappa shape index (κ3) is 4.08. The van der Waals surface area contributed by atoms with Gasteiger partial charge in [0, 0.05) is 33.5 Å². The zero-order valence-electron chi connectivity index (χ0n) is 25.6. The van der Waals surface area contributed by atoms with Gasteiger partial charge in [-0.25, -0.2) is 4.98 Å². The Bertz CT molecular complexity index is 2770. The Morgan fingerprint density at radius 1 is 0.417 bits per heavy atom. The SMILES string of the molecule is c1ccc(-c2ccc(N(c3cc4oc5ccccc5c4c4oc(-c5ccccc5)nc34)c3cccc4c3oc3ccccc34)cc2)cc1. The number of furan rings is 2. The van der Waals surface area contributed by atoms with Gasteiger partial charge in [0.25, 0.3) is 0 Å². The van der Waals surface area contributed by atoms with Crippen molar-refractivity contribution in [3.8, 4) is 22.6 Å². The van der Waals surface area contributed by atoms with Gasteiger partial charge < -0.3 is 18.2 Å². The first-order valence-corrected chi connectivity index (χ1v) is 16.0. The number of anilines is 3. The van der Waals surface area contributed by atoms with Crippen LogP contribution in [0.15, 0.2) is 171 Å². The lowest BCUT2D eigenvalue weighted by atomic mass is 10.0. The van der Waals surface area contributed by atoms with Crippen LogP contribution in [0.25, 0.3) is 77.6 Å². The molecule has 0 aliphatic rings. The van der Waals surface area contributed by atoms with Crippen LogP contribution in [0.3, 0.4) is 0 Å². The third-order valence-electron chi connectivity index (χ3n) is 9.11. The summed E-state index contributed by atoms with van der Waals surface area (Å²) in [4.78, 5) is 7.41. The average molecular weight is 619 g/mol. The number of hydrogen-bond acceptors (Lipinski definition) is 5. The van der Waals surface area contributed by atoms with Crippen LogP contribution in [-0.4, -0.2) is 4.98 Å². The summed E-state index contributed by atoms with van der Waals surface area (Å²) in [6.07, 6.45) is 0. The zero-order chi connectivity index (χ0) is 31.6. The van der Waals surface area contributed by atoms with E-state index in [1.165, 1.54) is 0 Å². The van der Waals surface area contributed by atoms with Gasteiger partial charge in [-0.3, -0.25) is 0 Å². The minimum atomic E-state index is 0.547. The monoisotopic (exact) mass is 618 g/mol. The van der Waals surface area contributed by atoms with E-state index >= 15 is 0 Å². The van der Waals surface area contributed by atoms with E-state index in [1.54, 1.807) is 0 Å². The predicted molar refractivity (Wildman–Crippen MR) is 194 cm³/mol. The van der Waals surface area contributed by atoms with Gasteiger partial charge in [0.2, 0.25) is 5.89 Å². The minimum Gasteiger partial charge on any atom is -0.456 e. The normalized spacial score (nSPS) is 11.8. The minimum absolute atomic E-state index is 0.547. The molecular formula is C43H26N2O3. The highest BCUT2D eigenvalue weighted by Gasteiger charge is 2.27. The van der Waals surface area contributed by atoms with Crippen molar-refractivity contribution in [2.45, 2.75) is 0 Å². The molecule has 0 fully saturated rings. The molecule has 10 aromatic rings. The quantitative estimate of drug-likeness (QED) is 0.192. The van der Waals surface area contributed by atoms with Crippen molar-refractivity contribution in [2.75, 3.05) is 4.90 Å². The van der Waals surface area contributed by atoms with Crippen LogP contribution in [-0.2, 0) is 0 Å². The number of fused-ring (bicyclic) bond motifs is 8. The van der Waals surface area contributed by atoms with Crippen molar-refractivity contribution in [2.24, 2.45) is 0 Å². The van der Waals surface area contributed by atoms with Crippen LogP contribution < -0.4 is 4.90 Å². The Balaban J connectivity index is 1.29. The summed E-state index contributed by atoms with van der Waals surface area (Å²) in [5.74, 6) is 0.547. The number of nitrogens with zero attached hydrogens (tertiary/aromatic N) is 2. The molecule has 0 saturated heterocycles. The molecule has 0 N–H and O–H groups in total. The van der Waals surface area contributed by atoms with E-state index in [1.807, 2.05) is 72.8 Å². The molecule has 0 bridgehead atoms. The van der Waals surface area contributed by atoms with E-state index in [-0.39, 0.29) is 0 Å². The molecule has 0 saturated carbocycles. The number of rotatable bonds is 5. The standard InChI is InChI=1S/C43H26N2O3/c1-3-12-27(13-4-1)28-22-24-30(25-23-28)45(34-19-11-18-32-31-16-7-9-20-36(31)47-41(32)34)35-26-38-39(33-17-8-10-21-37(33)46-38)42-40(35)44-43(48-42)29-14-5-2-6-15-29/h1-26H. The second kappa shape index (κ2) is 10.5. The summed E-state index contributed by atoms with van der Waals surface area (Å²) in [5.41, 5.74) is 10.4. The molecular weight excluding hydrogens is 592 g/mol. The molecule has 0 aliphatic heterocycles. The number of aromatic nitrogens is 1. The molecule has 5 nitrogen and oxygen atoms in total.